The molecule has 0 amide bonds. The van der Waals surface area contributed by atoms with Gasteiger partial charge in [0.25, 0.3) is 0 Å². The molecule has 0 aliphatic heterocycles. The quantitative estimate of drug-likeness (QED) is 0.922. The Bertz CT molecular complexity index is 549. The fourth-order valence-electron chi connectivity index (χ4n) is 1.54. The second kappa shape index (κ2) is 5.25. The van der Waals surface area contributed by atoms with Gasteiger partial charge in [-0.3, -0.25) is 0 Å². The maximum absolute atomic E-state index is 12.5. The molecule has 0 aliphatic rings. The summed E-state index contributed by atoms with van der Waals surface area (Å²) < 4.78 is 39.2. The number of alkyl halides is 3. The zero-order valence-corrected chi connectivity index (χ0v) is 10.1. The van der Waals surface area contributed by atoms with Crippen molar-refractivity contribution in [3.8, 4) is 0 Å². The zero-order chi connectivity index (χ0) is 13.9. The molecule has 102 valence electrons. The van der Waals surface area contributed by atoms with Crippen LogP contribution in [0.4, 0.5) is 19.0 Å². The van der Waals surface area contributed by atoms with Gasteiger partial charge < -0.3 is 9.88 Å². The van der Waals surface area contributed by atoms with E-state index in [0.717, 1.165) is 24.2 Å². The second-order valence-electron chi connectivity index (χ2n) is 3.96. The summed E-state index contributed by atoms with van der Waals surface area (Å²) in [6, 6.07) is 1.92. The predicted molar refractivity (Wildman–Crippen MR) is 62.4 cm³/mol. The number of aryl methyl sites for hydroxylation is 1. The van der Waals surface area contributed by atoms with Gasteiger partial charge in [-0.2, -0.15) is 13.2 Å². The Morgan fingerprint density at radius 1 is 1.37 bits per heavy atom. The van der Waals surface area contributed by atoms with E-state index >= 15 is 0 Å². The minimum absolute atomic E-state index is 0.192. The molecule has 0 fully saturated rings. The molecule has 2 aromatic rings. The number of pyridine rings is 1. The first kappa shape index (κ1) is 13.3. The van der Waals surface area contributed by atoms with Crippen molar-refractivity contribution in [1.82, 2.24) is 19.7 Å². The summed E-state index contributed by atoms with van der Waals surface area (Å²) in [7, 11) is 1.80. The lowest BCUT2D eigenvalue weighted by Crippen LogP contribution is -2.11. The van der Waals surface area contributed by atoms with Gasteiger partial charge in [0.15, 0.2) is 0 Å². The van der Waals surface area contributed by atoms with E-state index in [1.807, 2.05) is 0 Å². The van der Waals surface area contributed by atoms with E-state index in [2.05, 4.69) is 20.5 Å². The highest BCUT2D eigenvalue weighted by Crippen LogP contribution is 2.29. The Morgan fingerprint density at radius 2 is 2.16 bits per heavy atom. The van der Waals surface area contributed by atoms with Gasteiger partial charge >= 0.3 is 6.18 Å². The number of hydrogen-bond acceptors (Lipinski definition) is 4. The van der Waals surface area contributed by atoms with Crippen LogP contribution in [0, 0.1) is 0 Å². The van der Waals surface area contributed by atoms with Crippen LogP contribution in [-0.4, -0.2) is 26.3 Å². The molecule has 2 aromatic heterocycles. The van der Waals surface area contributed by atoms with Crippen LogP contribution in [-0.2, 0) is 19.6 Å². The highest BCUT2D eigenvalue weighted by Gasteiger charge is 2.30. The van der Waals surface area contributed by atoms with Crippen LogP contribution in [0.2, 0.25) is 0 Å². The standard InChI is InChI=1S/C11H12F3N5/c1-19-7-17-18-10(19)3-5-16-9-6-8(2-4-15-9)11(12,13)14/h2,4,6-7H,3,5H2,1H3,(H,15,16). The van der Waals surface area contributed by atoms with Gasteiger partial charge in [-0.05, 0) is 12.1 Å². The molecule has 0 atom stereocenters. The van der Waals surface area contributed by atoms with Crippen molar-refractivity contribution in [2.75, 3.05) is 11.9 Å². The third-order valence-electron chi connectivity index (χ3n) is 2.55. The first-order valence-corrected chi connectivity index (χ1v) is 5.57. The van der Waals surface area contributed by atoms with Gasteiger partial charge in [0.05, 0.1) is 5.56 Å². The van der Waals surface area contributed by atoms with E-state index < -0.39 is 11.7 Å². The molecule has 8 heteroatoms. The van der Waals surface area contributed by atoms with Gasteiger partial charge in [0.1, 0.15) is 18.0 Å². The SMILES string of the molecule is Cn1cnnc1CCNc1cc(C(F)(F)F)ccn1. The Morgan fingerprint density at radius 3 is 2.79 bits per heavy atom. The van der Waals surface area contributed by atoms with Crippen molar-refractivity contribution >= 4 is 5.82 Å². The largest absolute Gasteiger partial charge is 0.416 e. The van der Waals surface area contributed by atoms with E-state index in [4.69, 9.17) is 0 Å². The third kappa shape index (κ3) is 3.43. The Kier molecular flexibility index (Phi) is 3.68. The predicted octanol–water partition coefficient (Wildman–Crippen LogP) is 1.88. The lowest BCUT2D eigenvalue weighted by Gasteiger charge is -2.09. The molecule has 0 radical (unpaired) electrons. The smallest absolute Gasteiger partial charge is 0.370 e. The number of nitrogens with zero attached hydrogens (tertiary/aromatic N) is 4. The van der Waals surface area contributed by atoms with Gasteiger partial charge in [-0.1, -0.05) is 0 Å². The fraction of sp³-hybridized carbons (Fsp3) is 0.364. The molecule has 0 aromatic carbocycles. The normalized spacial score (nSPS) is 11.6. The molecule has 1 N–H and O–H groups in total. The van der Waals surface area contributed by atoms with E-state index in [1.54, 1.807) is 17.9 Å². The molecule has 0 bridgehead atoms. The number of rotatable bonds is 4. The van der Waals surface area contributed by atoms with Crippen molar-refractivity contribution in [3.63, 3.8) is 0 Å². The summed E-state index contributed by atoms with van der Waals surface area (Å²) in [6.45, 7) is 0.431. The number of hydrogen-bond donors (Lipinski definition) is 1. The third-order valence-corrected chi connectivity index (χ3v) is 2.55. The summed E-state index contributed by atoms with van der Waals surface area (Å²) in [5.74, 6) is 0.941. The summed E-state index contributed by atoms with van der Waals surface area (Å²) in [5, 5.41) is 10.4. The fourth-order valence-corrected chi connectivity index (χ4v) is 1.54. The van der Waals surface area contributed by atoms with Crippen LogP contribution >= 0.6 is 0 Å². The molecular weight excluding hydrogens is 259 g/mol. The van der Waals surface area contributed by atoms with Gasteiger partial charge in [-0.15, -0.1) is 10.2 Å². The zero-order valence-electron chi connectivity index (χ0n) is 10.1. The van der Waals surface area contributed by atoms with Crippen molar-refractivity contribution in [2.45, 2.75) is 12.6 Å². The molecule has 19 heavy (non-hydrogen) atoms. The molecule has 0 saturated carbocycles. The Balaban J connectivity index is 1.95. The average molecular weight is 271 g/mol. The highest BCUT2D eigenvalue weighted by atomic mass is 19.4. The molecular formula is C11H12F3N5. The molecule has 0 saturated heterocycles. The lowest BCUT2D eigenvalue weighted by atomic mass is 10.2. The molecule has 2 heterocycles. The monoisotopic (exact) mass is 271 g/mol. The van der Waals surface area contributed by atoms with Crippen LogP contribution in [0.25, 0.3) is 0 Å². The first-order valence-electron chi connectivity index (χ1n) is 5.57. The Labute approximate surface area is 107 Å². The van der Waals surface area contributed by atoms with Crippen molar-refractivity contribution in [3.05, 3.63) is 36.0 Å². The molecule has 5 nitrogen and oxygen atoms in total. The number of nitrogens with one attached hydrogen (secondary N) is 1. The molecule has 2 rings (SSSR count). The number of aromatic nitrogens is 4. The number of halogens is 3. The average Bonchev–Trinajstić information content (AvgIpc) is 2.75. The molecule has 0 spiro atoms. The number of anilines is 1. The van der Waals surface area contributed by atoms with E-state index in [1.165, 1.54) is 0 Å². The lowest BCUT2D eigenvalue weighted by molar-refractivity contribution is -0.137. The van der Waals surface area contributed by atoms with Crippen molar-refractivity contribution in [2.24, 2.45) is 7.05 Å². The second-order valence-corrected chi connectivity index (χ2v) is 3.96. The van der Waals surface area contributed by atoms with Gasteiger partial charge in [0.2, 0.25) is 0 Å². The minimum atomic E-state index is -4.36. The first-order chi connectivity index (χ1) is 8.97. The van der Waals surface area contributed by atoms with Crippen LogP contribution in [0.1, 0.15) is 11.4 Å². The van der Waals surface area contributed by atoms with Gasteiger partial charge in [-0.25, -0.2) is 4.98 Å². The van der Waals surface area contributed by atoms with Crippen LogP contribution in [0.3, 0.4) is 0 Å². The van der Waals surface area contributed by atoms with Gasteiger partial charge in [0, 0.05) is 26.2 Å². The summed E-state index contributed by atoms with van der Waals surface area (Å²) in [4.78, 5) is 3.84. The molecule has 0 unspecified atom stereocenters. The summed E-state index contributed by atoms with van der Waals surface area (Å²) in [5.41, 5.74) is -0.719. The topological polar surface area (TPSA) is 55.6 Å². The van der Waals surface area contributed by atoms with Crippen LogP contribution in [0.15, 0.2) is 24.7 Å². The minimum Gasteiger partial charge on any atom is -0.370 e. The van der Waals surface area contributed by atoms with Crippen LogP contribution in [0.5, 0.6) is 0 Å². The van der Waals surface area contributed by atoms with Crippen molar-refractivity contribution < 1.29 is 13.2 Å². The highest BCUT2D eigenvalue weighted by molar-refractivity contribution is 5.38. The maximum atomic E-state index is 12.5. The Hall–Kier alpha value is -2.12. The molecule has 0 aliphatic carbocycles. The maximum Gasteiger partial charge on any atom is 0.416 e. The van der Waals surface area contributed by atoms with Crippen molar-refractivity contribution in [1.29, 1.82) is 0 Å². The van der Waals surface area contributed by atoms with E-state index in [-0.39, 0.29) is 5.82 Å². The summed E-state index contributed by atoms with van der Waals surface area (Å²) in [6.07, 6.45) is -1.11. The summed E-state index contributed by atoms with van der Waals surface area (Å²) >= 11 is 0. The van der Waals surface area contributed by atoms with E-state index in [9.17, 15) is 13.2 Å². The van der Waals surface area contributed by atoms with E-state index in [0.29, 0.717) is 13.0 Å². The van der Waals surface area contributed by atoms with Crippen LogP contribution < -0.4 is 5.32 Å².